The molecule has 1 aromatic rings. The fraction of sp³-hybridized carbons (Fsp3) is 0.571. The molecule has 0 bridgehead atoms. The van der Waals surface area contributed by atoms with E-state index in [-0.39, 0.29) is 23.2 Å². The molecule has 1 rings (SSSR count). The molecule has 0 unspecified atom stereocenters. The molecule has 5 nitrogen and oxygen atoms in total. The van der Waals surface area contributed by atoms with E-state index in [4.69, 9.17) is 9.47 Å². The molecule has 0 radical (unpaired) electrons. The molecule has 144 valence electrons. The van der Waals surface area contributed by atoms with Crippen molar-refractivity contribution in [3.05, 3.63) is 29.3 Å². The van der Waals surface area contributed by atoms with Gasteiger partial charge >= 0.3 is 6.16 Å². The third-order valence-corrected chi connectivity index (χ3v) is 4.33. The van der Waals surface area contributed by atoms with Gasteiger partial charge in [0.05, 0.1) is 5.56 Å². The fourth-order valence-electron chi connectivity index (χ4n) is 2.65. The van der Waals surface area contributed by atoms with E-state index in [2.05, 4.69) is 6.92 Å². The molecule has 5 heteroatoms. The summed E-state index contributed by atoms with van der Waals surface area (Å²) in [7, 11) is 0. The van der Waals surface area contributed by atoms with E-state index in [1.165, 1.54) is 18.6 Å². The third-order valence-electron chi connectivity index (χ3n) is 4.33. The van der Waals surface area contributed by atoms with E-state index >= 15 is 0 Å². The highest BCUT2D eigenvalue weighted by Gasteiger charge is 2.16. The largest absolute Gasteiger partial charge is 0.514 e. The lowest BCUT2D eigenvalue weighted by Crippen LogP contribution is -2.20. The first-order valence-corrected chi connectivity index (χ1v) is 9.56. The van der Waals surface area contributed by atoms with Crippen LogP contribution < -0.4 is 4.74 Å². The van der Waals surface area contributed by atoms with Gasteiger partial charge in [-0.05, 0) is 37.5 Å². The Kier molecular flexibility index (Phi) is 10.3. The quantitative estimate of drug-likeness (QED) is 0.156. The summed E-state index contributed by atoms with van der Waals surface area (Å²) < 4.78 is 10.3. The van der Waals surface area contributed by atoms with Gasteiger partial charge in [-0.3, -0.25) is 9.59 Å². The maximum Gasteiger partial charge on any atom is 0.514 e. The molecule has 0 spiro atoms. The first-order valence-electron chi connectivity index (χ1n) is 9.56. The van der Waals surface area contributed by atoms with E-state index in [9.17, 15) is 14.4 Å². The molecule has 0 saturated heterocycles. The van der Waals surface area contributed by atoms with Crippen LogP contribution in [0.15, 0.2) is 18.2 Å². The third kappa shape index (κ3) is 7.38. The van der Waals surface area contributed by atoms with Gasteiger partial charge in [-0.1, -0.05) is 46.5 Å². The zero-order chi connectivity index (χ0) is 19.4. The van der Waals surface area contributed by atoms with E-state index in [1.54, 1.807) is 6.07 Å². The van der Waals surface area contributed by atoms with Crippen LogP contribution in [-0.4, -0.2) is 24.3 Å². The van der Waals surface area contributed by atoms with Crippen LogP contribution in [0.4, 0.5) is 4.79 Å². The molecule has 0 saturated carbocycles. The van der Waals surface area contributed by atoms with Crippen molar-refractivity contribution in [1.82, 2.24) is 0 Å². The van der Waals surface area contributed by atoms with Crippen LogP contribution in [-0.2, 0) is 4.74 Å². The summed E-state index contributed by atoms with van der Waals surface area (Å²) in [6.07, 6.45) is 6.73. The smallest absolute Gasteiger partial charge is 0.431 e. The van der Waals surface area contributed by atoms with E-state index in [1.807, 2.05) is 13.8 Å². The zero-order valence-corrected chi connectivity index (χ0v) is 16.1. The Morgan fingerprint density at radius 2 is 1.73 bits per heavy atom. The van der Waals surface area contributed by atoms with Crippen LogP contribution in [0.25, 0.3) is 0 Å². The van der Waals surface area contributed by atoms with Gasteiger partial charge < -0.3 is 9.47 Å². The van der Waals surface area contributed by atoms with Crippen molar-refractivity contribution in [2.45, 2.75) is 78.2 Å². The standard InChI is InChI=1S/C21H30O5/c1-4-7-8-9-10-11-19(23)16-12-13-20(17(14-16)15-22)26-21(24)25-18(5-2)6-3/h12-15,18H,4-11H2,1-3H3. The monoisotopic (exact) mass is 362 g/mol. The molecule has 0 atom stereocenters. The Morgan fingerprint density at radius 3 is 2.35 bits per heavy atom. The maximum atomic E-state index is 12.3. The number of unbranched alkanes of at least 4 members (excludes halogenated alkanes) is 4. The molecule has 0 aliphatic heterocycles. The summed E-state index contributed by atoms with van der Waals surface area (Å²) in [5.74, 6) is 0.103. The van der Waals surface area contributed by atoms with Crippen LogP contribution in [0.1, 0.15) is 92.9 Å². The Morgan fingerprint density at radius 1 is 1.04 bits per heavy atom. The Hall–Kier alpha value is -2.17. The molecule has 0 amide bonds. The lowest BCUT2D eigenvalue weighted by atomic mass is 10.0. The van der Waals surface area contributed by atoms with Crippen LogP contribution >= 0.6 is 0 Å². The molecular weight excluding hydrogens is 332 g/mol. The van der Waals surface area contributed by atoms with Crippen LogP contribution in [0, 0.1) is 0 Å². The van der Waals surface area contributed by atoms with Crippen molar-refractivity contribution in [2.24, 2.45) is 0 Å². The van der Waals surface area contributed by atoms with Crippen molar-refractivity contribution in [2.75, 3.05) is 0 Å². The van der Waals surface area contributed by atoms with Crippen molar-refractivity contribution in [1.29, 1.82) is 0 Å². The van der Waals surface area contributed by atoms with Gasteiger partial charge in [0.25, 0.3) is 0 Å². The van der Waals surface area contributed by atoms with E-state index < -0.39 is 6.16 Å². The molecular formula is C21H30O5. The highest BCUT2D eigenvalue weighted by atomic mass is 16.7. The summed E-state index contributed by atoms with van der Waals surface area (Å²) in [5, 5.41) is 0. The second-order valence-corrected chi connectivity index (χ2v) is 6.37. The number of benzene rings is 1. The predicted molar refractivity (Wildman–Crippen MR) is 101 cm³/mol. The van der Waals surface area contributed by atoms with E-state index in [0.29, 0.717) is 31.1 Å². The zero-order valence-electron chi connectivity index (χ0n) is 16.1. The minimum Gasteiger partial charge on any atom is -0.431 e. The number of hydrogen-bond donors (Lipinski definition) is 0. The van der Waals surface area contributed by atoms with Gasteiger partial charge in [0, 0.05) is 12.0 Å². The van der Waals surface area contributed by atoms with Crippen molar-refractivity contribution in [3.63, 3.8) is 0 Å². The first kappa shape index (κ1) is 21.9. The van der Waals surface area contributed by atoms with Crippen LogP contribution in [0.5, 0.6) is 5.75 Å². The highest BCUT2D eigenvalue weighted by molar-refractivity contribution is 5.98. The second-order valence-electron chi connectivity index (χ2n) is 6.37. The van der Waals surface area contributed by atoms with Crippen LogP contribution in [0.3, 0.4) is 0 Å². The van der Waals surface area contributed by atoms with Gasteiger partial charge in [-0.25, -0.2) is 4.79 Å². The van der Waals surface area contributed by atoms with Gasteiger partial charge in [-0.2, -0.15) is 0 Å². The Bertz CT molecular complexity index is 590. The highest BCUT2D eigenvalue weighted by Crippen LogP contribution is 2.21. The average molecular weight is 362 g/mol. The normalized spacial score (nSPS) is 10.6. The molecule has 0 fully saturated rings. The lowest BCUT2D eigenvalue weighted by molar-refractivity contribution is 0.0548. The van der Waals surface area contributed by atoms with Gasteiger partial charge in [0.2, 0.25) is 0 Å². The summed E-state index contributed by atoms with van der Waals surface area (Å²) in [5.41, 5.74) is 0.631. The predicted octanol–water partition coefficient (Wildman–Crippen LogP) is 5.75. The summed E-state index contributed by atoms with van der Waals surface area (Å²) in [6.45, 7) is 5.98. The number of rotatable bonds is 12. The van der Waals surface area contributed by atoms with Crippen molar-refractivity contribution in [3.8, 4) is 5.75 Å². The Labute approximate surface area is 156 Å². The molecule has 26 heavy (non-hydrogen) atoms. The maximum absolute atomic E-state index is 12.3. The summed E-state index contributed by atoms with van der Waals surface area (Å²) in [6, 6.07) is 4.53. The Balaban J connectivity index is 2.67. The number of ether oxygens (including phenoxy) is 2. The number of ketones is 1. The lowest BCUT2D eigenvalue weighted by Gasteiger charge is -2.14. The van der Waals surface area contributed by atoms with Gasteiger partial charge in [0.1, 0.15) is 11.9 Å². The molecule has 0 aliphatic rings. The minimum absolute atomic E-state index is 0.00393. The summed E-state index contributed by atoms with van der Waals surface area (Å²) >= 11 is 0. The van der Waals surface area contributed by atoms with E-state index in [0.717, 1.165) is 25.7 Å². The number of carbonyl (C=O) groups is 3. The van der Waals surface area contributed by atoms with Crippen molar-refractivity contribution >= 4 is 18.2 Å². The number of carbonyl (C=O) groups excluding carboxylic acids is 3. The van der Waals surface area contributed by atoms with Crippen molar-refractivity contribution < 1.29 is 23.9 Å². The summed E-state index contributed by atoms with van der Waals surface area (Å²) in [4.78, 5) is 35.4. The molecule has 0 N–H and O–H groups in total. The van der Waals surface area contributed by atoms with Gasteiger partial charge in [0.15, 0.2) is 12.1 Å². The number of Topliss-reactive ketones (excluding diaryl/α,β-unsaturated/α-hetero) is 1. The van der Waals surface area contributed by atoms with Gasteiger partial charge in [-0.15, -0.1) is 0 Å². The average Bonchev–Trinajstić information content (AvgIpc) is 2.65. The molecule has 0 aromatic heterocycles. The molecule has 0 aliphatic carbocycles. The SMILES string of the molecule is CCCCCCCC(=O)c1ccc(OC(=O)OC(CC)CC)c(C=O)c1. The minimum atomic E-state index is -0.836. The second kappa shape index (κ2) is 12.2. The number of hydrogen-bond acceptors (Lipinski definition) is 5. The topological polar surface area (TPSA) is 69.7 Å². The molecule has 0 heterocycles. The fourth-order valence-corrected chi connectivity index (χ4v) is 2.65. The van der Waals surface area contributed by atoms with Crippen LogP contribution in [0.2, 0.25) is 0 Å². The first-order chi connectivity index (χ1) is 12.5. The number of aldehydes is 1. The molecule has 1 aromatic carbocycles.